The minimum atomic E-state index is -0.486. The van der Waals surface area contributed by atoms with Crippen LogP contribution < -0.4 is 4.90 Å². The first-order valence-corrected chi connectivity index (χ1v) is 15.2. The molecule has 0 amide bonds. The molecule has 2 nitrogen and oxygen atoms in total. The highest BCUT2D eigenvalue weighted by molar-refractivity contribution is 5.96. The predicted molar refractivity (Wildman–Crippen MR) is 183 cm³/mol. The molecule has 0 spiro atoms. The van der Waals surface area contributed by atoms with E-state index in [0.717, 1.165) is 22.3 Å². The summed E-state index contributed by atoms with van der Waals surface area (Å²) in [4.78, 5) is 7.28. The van der Waals surface area contributed by atoms with Crippen LogP contribution in [0.1, 0.15) is 33.4 Å². The second-order valence-electron chi connectivity index (χ2n) is 11.8. The molecule has 0 saturated carbocycles. The number of benzene rings is 6. The maximum atomic E-state index is 4.85. The fourth-order valence-electron chi connectivity index (χ4n) is 7.06. The topological polar surface area (TPSA) is 16.1 Å². The maximum absolute atomic E-state index is 4.85. The molecule has 2 heteroatoms. The Labute approximate surface area is 258 Å². The average molecular weight is 565 g/mol. The highest BCUT2D eigenvalue weighted by Gasteiger charge is 2.46. The molecule has 0 N–H and O–H groups in total. The van der Waals surface area contributed by atoms with Crippen LogP contribution in [-0.2, 0) is 5.41 Å². The van der Waals surface area contributed by atoms with Crippen molar-refractivity contribution in [1.82, 2.24) is 4.98 Å². The molecule has 0 saturated heterocycles. The Morgan fingerprint density at radius 3 is 1.73 bits per heavy atom. The maximum Gasteiger partial charge on any atom is 0.0781 e. The number of pyridine rings is 1. The zero-order chi connectivity index (χ0) is 29.7. The molecule has 8 rings (SSSR count). The zero-order valence-electron chi connectivity index (χ0n) is 24.9. The summed E-state index contributed by atoms with van der Waals surface area (Å²) in [5.41, 5.74) is 12.6. The van der Waals surface area contributed by atoms with E-state index in [9.17, 15) is 0 Å². The first kappa shape index (κ1) is 26.2. The molecule has 2 heterocycles. The van der Waals surface area contributed by atoms with Crippen LogP contribution in [0.2, 0.25) is 0 Å². The molecule has 0 bridgehead atoms. The van der Waals surface area contributed by atoms with Crippen molar-refractivity contribution in [3.8, 4) is 11.3 Å². The highest BCUT2D eigenvalue weighted by atomic mass is 15.2. The molecule has 0 radical (unpaired) electrons. The van der Waals surface area contributed by atoms with E-state index < -0.39 is 5.41 Å². The second-order valence-corrected chi connectivity index (χ2v) is 11.8. The normalized spacial score (nSPS) is 13.4. The highest BCUT2D eigenvalue weighted by Crippen LogP contribution is 2.57. The summed E-state index contributed by atoms with van der Waals surface area (Å²) in [6.07, 6.45) is 1.91. The van der Waals surface area contributed by atoms with Gasteiger partial charge in [-0.25, -0.2) is 0 Å². The molecule has 0 aliphatic carbocycles. The van der Waals surface area contributed by atoms with Gasteiger partial charge in [-0.15, -0.1) is 0 Å². The summed E-state index contributed by atoms with van der Waals surface area (Å²) in [7, 11) is 0. The van der Waals surface area contributed by atoms with Crippen LogP contribution in [-0.4, -0.2) is 4.98 Å². The first-order chi connectivity index (χ1) is 21.6. The molecule has 1 aliphatic rings. The van der Waals surface area contributed by atoms with E-state index in [1.54, 1.807) is 0 Å². The van der Waals surface area contributed by atoms with Crippen molar-refractivity contribution in [1.29, 1.82) is 0 Å². The van der Waals surface area contributed by atoms with Crippen molar-refractivity contribution in [3.63, 3.8) is 0 Å². The molecule has 7 aromatic rings. The fourth-order valence-corrected chi connectivity index (χ4v) is 7.06. The fraction of sp³-hybridized carbons (Fsp3) is 0.0714. The van der Waals surface area contributed by atoms with Crippen molar-refractivity contribution in [2.24, 2.45) is 0 Å². The summed E-state index contributed by atoms with van der Waals surface area (Å²) in [5, 5.41) is 2.35. The van der Waals surface area contributed by atoms with Crippen LogP contribution in [0.4, 0.5) is 17.1 Å². The number of para-hydroxylation sites is 2. The third-order valence-electron chi connectivity index (χ3n) is 9.12. The average Bonchev–Trinajstić information content (AvgIpc) is 3.08. The summed E-state index contributed by atoms with van der Waals surface area (Å²) < 4.78 is 0. The van der Waals surface area contributed by atoms with Gasteiger partial charge in [0, 0.05) is 22.8 Å². The van der Waals surface area contributed by atoms with Gasteiger partial charge in [0.1, 0.15) is 0 Å². The predicted octanol–water partition coefficient (Wildman–Crippen LogP) is 10.7. The Morgan fingerprint density at radius 2 is 1.09 bits per heavy atom. The minimum Gasteiger partial charge on any atom is -0.310 e. The van der Waals surface area contributed by atoms with E-state index in [4.69, 9.17) is 4.98 Å². The summed E-state index contributed by atoms with van der Waals surface area (Å²) in [6.45, 7) is 4.31. The number of anilines is 3. The smallest absolute Gasteiger partial charge is 0.0781 e. The largest absolute Gasteiger partial charge is 0.310 e. The molecule has 44 heavy (non-hydrogen) atoms. The van der Waals surface area contributed by atoms with Crippen molar-refractivity contribution in [2.45, 2.75) is 19.3 Å². The zero-order valence-corrected chi connectivity index (χ0v) is 24.9. The Bertz CT molecular complexity index is 2040. The van der Waals surface area contributed by atoms with E-state index in [1.165, 1.54) is 50.1 Å². The number of rotatable bonds is 4. The number of aromatic nitrogens is 1. The summed E-state index contributed by atoms with van der Waals surface area (Å²) in [5.74, 6) is 0. The monoisotopic (exact) mass is 564 g/mol. The quantitative estimate of drug-likeness (QED) is 0.211. The second kappa shape index (κ2) is 10.4. The van der Waals surface area contributed by atoms with Gasteiger partial charge in [0.25, 0.3) is 0 Å². The van der Waals surface area contributed by atoms with Gasteiger partial charge in [-0.3, -0.25) is 4.98 Å². The third kappa shape index (κ3) is 3.99. The van der Waals surface area contributed by atoms with Gasteiger partial charge in [0.15, 0.2) is 0 Å². The van der Waals surface area contributed by atoms with Crippen LogP contribution in [0.15, 0.2) is 158 Å². The minimum absolute atomic E-state index is 0.486. The van der Waals surface area contributed by atoms with Crippen molar-refractivity contribution >= 4 is 27.8 Å². The Balaban J connectivity index is 1.41. The Hall–Kier alpha value is -5.47. The lowest BCUT2D eigenvalue weighted by Gasteiger charge is -2.46. The van der Waals surface area contributed by atoms with Crippen LogP contribution in [0.5, 0.6) is 0 Å². The van der Waals surface area contributed by atoms with Crippen LogP contribution in [0, 0.1) is 13.8 Å². The van der Waals surface area contributed by atoms with E-state index >= 15 is 0 Å². The van der Waals surface area contributed by atoms with E-state index in [2.05, 4.69) is 170 Å². The number of hydrogen-bond acceptors (Lipinski definition) is 2. The van der Waals surface area contributed by atoms with Crippen molar-refractivity contribution in [3.05, 3.63) is 191 Å². The van der Waals surface area contributed by atoms with Gasteiger partial charge in [-0.2, -0.15) is 0 Å². The van der Waals surface area contributed by atoms with E-state index in [0.29, 0.717) is 0 Å². The third-order valence-corrected chi connectivity index (χ3v) is 9.12. The number of hydrogen-bond donors (Lipinski definition) is 0. The lowest BCUT2D eigenvalue weighted by atomic mass is 9.62. The first-order valence-electron chi connectivity index (χ1n) is 15.2. The molecular weight excluding hydrogens is 532 g/mol. The molecule has 6 aromatic carbocycles. The lowest BCUT2D eigenvalue weighted by Crippen LogP contribution is -2.37. The van der Waals surface area contributed by atoms with Gasteiger partial charge in [0.2, 0.25) is 0 Å². The number of aryl methyl sites for hydroxylation is 2. The molecule has 210 valence electrons. The lowest BCUT2D eigenvalue weighted by molar-refractivity contribution is 0.730. The van der Waals surface area contributed by atoms with Crippen LogP contribution >= 0.6 is 0 Å². The summed E-state index contributed by atoms with van der Waals surface area (Å²) in [6, 6.07) is 55.4. The van der Waals surface area contributed by atoms with Gasteiger partial charge < -0.3 is 4.90 Å². The molecule has 0 unspecified atom stereocenters. The molecule has 1 aliphatic heterocycles. The number of fused-ring (bicyclic) bond motifs is 3. The van der Waals surface area contributed by atoms with Gasteiger partial charge in [0.05, 0.1) is 22.5 Å². The van der Waals surface area contributed by atoms with Crippen molar-refractivity contribution < 1.29 is 0 Å². The molecule has 0 fully saturated rings. The Morgan fingerprint density at radius 1 is 0.523 bits per heavy atom. The van der Waals surface area contributed by atoms with Crippen LogP contribution in [0.25, 0.3) is 22.0 Å². The Kier molecular flexibility index (Phi) is 6.16. The molecule has 1 aromatic heterocycles. The van der Waals surface area contributed by atoms with Crippen LogP contribution in [0.3, 0.4) is 0 Å². The van der Waals surface area contributed by atoms with Gasteiger partial charge in [-0.1, -0.05) is 132 Å². The SMILES string of the molecule is Cc1ccc(C2(c3ccc(C)cc3)c3ccccc3N(c3cccc(-c4nccc5ccccc45)c3)c3ccccc32)cc1. The van der Waals surface area contributed by atoms with Crippen molar-refractivity contribution in [2.75, 3.05) is 4.90 Å². The molecule has 0 atom stereocenters. The standard InChI is InChI=1S/C42H32N2/c1-29-18-22-33(23-19-29)42(34-24-20-30(2)21-25-34)37-14-5-7-16-39(37)44(40-17-8-6-15-38(40)42)35-12-9-11-32(28-35)41-36-13-4-3-10-31(36)26-27-43-41/h3-28H,1-2H3. The van der Waals surface area contributed by atoms with E-state index in [1.807, 2.05) is 6.20 Å². The van der Waals surface area contributed by atoms with Gasteiger partial charge in [-0.05, 0) is 71.8 Å². The van der Waals surface area contributed by atoms with E-state index in [-0.39, 0.29) is 0 Å². The number of nitrogens with zero attached hydrogens (tertiary/aromatic N) is 2. The summed E-state index contributed by atoms with van der Waals surface area (Å²) >= 11 is 0. The molecular formula is C42H32N2. The van der Waals surface area contributed by atoms with Gasteiger partial charge >= 0.3 is 0 Å².